The third-order valence-electron chi connectivity index (χ3n) is 3.01. The normalized spacial score (nSPS) is 30.0. The van der Waals surface area contributed by atoms with E-state index in [0.29, 0.717) is 19.3 Å². The molecule has 0 atom stereocenters. The molecule has 0 radical (unpaired) electrons. The number of benzene rings is 1. The van der Waals surface area contributed by atoms with Crippen LogP contribution in [-0.2, 0) is 6.42 Å². The van der Waals surface area contributed by atoms with Gasteiger partial charge in [0.15, 0.2) is 0 Å². The summed E-state index contributed by atoms with van der Waals surface area (Å²) in [6.07, 6.45) is 1.97. The van der Waals surface area contributed by atoms with Gasteiger partial charge in [-0.3, -0.25) is 0 Å². The largest absolute Gasteiger partial charge is 0.389 e. The number of aryl methyl sites for hydroxylation is 1. The van der Waals surface area contributed by atoms with Crippen LogP contribution in [0.4, 0.5) is 0 Å². The molecule has 1 aromatic carbocycles. The first-order valence-electron chi connectivity index (χ1n) is 5.21. The van der Waals surface area contributed by atoms with Gasteiger partial charge in [-0.25, -0.2) is 0 Å². The highest BCUT2D eigenvalue weighted by Gasteiger charge is 2.40. The highest BCUT2D eigenvalue weighted by Crippen LogP contribution is 2.35. The molecule has 2 rings (SSSR count). The smallest absolute Gasteiger partial charge is 0.0718 e. The van der Waals surface area contributed by atoms with Gasteiger partial charge in [0, 0.05) is 17.5 Å². The lowest BCUT2D eigenvalue weighted by Crippen LogP contribution is -2.52. The van der Waals surface area contributed by atoms with Gasteiger partial charge < -0.3 is 10.8 Å². The molecule has 0 spiro atoms. The van der Waals surface area contributed by atoms with Crippen molar-refractivity contribution in [3.8, 4) is 0 Å². The standard InChI is InChI=1S/C12H16ClNO/c1-8-2-3-9(11(13)4-8)5-12(15)6-10(14)7-12/h2-4,10,15H,5-7,14H2,1H3. The third kappa shape index (κ3) is 2.33. The van der Waals surface area contributed by atoms with Crippen LogP contribution in [0.25, 0.3) is 0 Å². The van der Waals surface area contributed by atoms with E-state index < -0.39 is 5.60 Å². The molecule has 0 saturated heterocycles. The fourth-order valence-electron chi connectivity index (χ4n) is 2.21. The summed E-state index contributed by atoms with van der Waals surface area (Å²) >= 11 is 6.11. The molecule has 3 heteroatoms. The van der Waals surface area contributed by atoms with E-state index in [1.165, 1.54) is 0 Å². The zero-order valence-corrected chi connectivity index (χ0v) is 9.59. The molecule has 0 aliphatic heterocycles. The Hall–Kier alpha value is -0.570. The second-order valence-corrected chi connectivity index (χ2v) is 5.07. The van der Waals surface area contributed by atoms with Gasteiger partial charge in [0.25, 0.3) is 0 Å². The van der Waals surface area contributed by atoms with Crippen LogP contribution in [0.2, 0.25) is 5.02 Å². The number of hydrogen-bond donors (Lipinski definition) is 2. The molecular formula is C12H16ClNO. The number of halogens is 1. The Bertz CT molecular complexity index is 372. The minimum atomic E-state index is -0.627. The van der Waals surface area contributed by atoms with Crippen molar-refractivity contribution < 1.29 is 5.11 Å². The topological polar surface area (TPSA) is 46.2 Å². The molecule has 0 aromatic heterocycles. The first-order chi connectivity index (χ1) is 6.98. The minimum Gasteiger partial charge on any atom is -0.389 e. The predicted molar refractivity (Wildman–Crippen MR) is 62.1 cm³/mol. The van der Waals surface area contributed by atoms with Crippen LogP contribution in [-0.4, -0.2) is 16.7 Å². The van der Waals surface area contributed by atoms with Crippen LogP contribution in [0, 0.1) is 6.92 Å². The van der Waals surface area contributed by atoms with Crippen molar-refractivity contribution in [2.45, 2.75) is 37.8 Å². The van der Waals surface area contributed by atoms with Gasteiger partial charge in [0.1, 0.15) is 0 Å². The van der Waals surface area contributed by atoms with E-state index in [9.17, 15) is 5.11 Å². The van der Waals surface area contributed by atoms with Crippen molar-refractivity contribution in [2.24, 2.45) is 5.73 Å². The summed E-state index contributed by atoms with van der Waals surface area (Å²) in [4.78, 5) is 0. The van der Waals surface area contributed by atoms with Gasteiger partial charge in [-0.2, -0.15) is 0 Å². The molecule has 1 aliphatic carbocycles. The highest BCUT2D eigenvalue weighted by molar-refractivity contribution is 6.31. The van der Waals surface area contributed by atoms with Crippen LogP contribution in [0.1, 0.15) is 24.0 Å². The van der Waals surface area contributed by atoms with E-state index in [0.717, 1.165) is 16.1 Å². The number of hydrogen-bond acceptors (Lipinski definition) is 2. The highest BCUT2D eigenvalue weighted by atomic mass is 35.5. The van der Waals surface area contributed by atoms with E-state index in [1.54, 1.807) is 0 Å². The Kier molecular flexibility index (Phi) is 2.75. The van der Waals surface area contributed by atoms with Crippen molar-refractivity contribution in [3.05, 3.63) is 34.3 Å². The van der Waals surface area contributed by atoms with Crippen molar-refractivity contribution in [3.63, 3.8) is 0 Å². The zero-order chi connectivity index (χ0) is 11.1. The number of rotatable bonds is 2. The first kappa shape index (κ1) is 10.9. The predicted octanol–water partition coefficient (Wildman–Crippen LogP) is 2.04. The summed E-state index contributed by atoms with van der Waals surface area (Å²) in [5.74, 6) is 0. The monoisotopic (exact) mass is 225 g/mol. The SMILES string of the molecule is Cc1ccc(CC2(O)CC(N)C2)c(Cl)c1. The average molecular weight is 226 g/mol. The molecule has 1 aromatic rings. The second kappa shape index (κ2) is 3.78. The summed E-state index contributed by atoms with van der Waals surface area (Å²) in [5.41, 5.74) is 7.20. The van der Waals surface area contributed by atoms with Gasteiger partial charge in [0.05, 0.1) is 5.60 Å². The number of aliphatic hydroxyl groups is 1. The fourth-order valence-corrected chi connectivity index (χ4v) is 2.51. The fraction of sp³-hybridized carbons (Fsp3) is 0.500. The van der Waals surface area contributed by atoms with Crippen LogP contribution in [0.15, 0.2) is 18.2 Å². The Morgan fingerprint density at radius 1 is 1.53 bits per heavy atom. The Balaban J connectivity index is 2.11. The lowest BCUT2D eigenvalue weighted by atomic mass is 9.72. The van der Waals surface area contributed by atoms with Crippen molar-refractivity contribution in [2.75, 3.05) is 0 Å². The van der Waals surface area contributed by atoms with E-state index in [1.807, 2.05) is 25.1 Å². The Morgan fingerprint density at radius 3 is 2.73 bits per heavy atom. The quantitative estimate of drug-likeness (QED) is 0.809. The molecule has 15 heavy (non-hydrogen) atoms. The maximum Gasteiger partial charge on any atom is 0.0718 e. The zero-order valence-electron chi connectivity index (χ0n) is 8.83. The molecule has 2 nitrogen and oxygen atoms in total. The molecule has 82 valence electrons. The lowest BCUT2D eigenvalue weighted by Gasteiger charge is -2.42. The number of nitrogens with two attached hydrogens (primary N) is 1. The van der Waals surface area contributed by atoms with E-state index in [2.05, 4.69) is 0 Å². The van der Waals surface area contributed by atoms with Crippen molar-refractivity contribution in [1.82, 2.24) is 0 Å². The summed E-state index contributed by atoms with van der Waals surface area (Å²) in [6.45, 7) is 2.00. The molecular weight excluding hydrogens is 210 g/mol. The Morgan fingerprint density at radius 2 is 2.20 bits per heavy atom. The van der Waals surface area contributed by atoms with Gasteiger partial charge in [-0.05, 0) is 37.0 Å². The Labute approximate surface area is 95.1 Å². The summed E-state index contributed by atoms with van der Waals surface area (Å²) in [6, 6.07) is 6.08. The van der Waals surface area contributed by atoms with Crippen LogP contribution < -0.4 is 5.73 Å². The molecule has 0 heterocycles. The van der Waals surface area contributed by atoms with Crippen molar-refractivity contribution >= 4 is 11.6 Å². The minimum absolute atomic E-state index is 0.152. The van der Waals surface area contributed by atoms with Crippen LogP contribution >= 0.6 is 11.6 Å². The van der Waals surface area contributed by atoms with Crippen molar-refractivity contribution in [1.29, 1.82) is 0 Å². The third-order valence-corrected chi connectivity index (χ3v) is 3.36. The molecule has 0 amide bonds. The van der Waals surface area contributed by atoms with Crippen LogP contribution in [0.3, 0.4) is 0 Å². The molecule has 0 bridgehead atoms. The van der Waals surface area contributed by atoms with Gasteiger partial charge >= 0.3 is 0 Å². The van der Waals surface area contributed by atoms with E-state index in [-0.39, 0.29) is 6.04 Å². The maximum absolute atomic E-state index is 10.1. The molecule has 1 fully saturated rings. The van der Waals surface area contributed by atoms with Gasteiger partial charge in [-0.15, -0.1) is 0 Å². The molecule has 1 aliphatic rings. The summed E-state index contributed by atoms with van der Waals surface area (Å²) < 4.78 is 0. The summed E-state index contributed by atoms with van der Waals surface area (Å²) in [7, 11) is 0. The average Bonchev–Trinajstić information content (AvgIpc) is 2.08. The molecule has 1 saturated carbocycles. The van der Waals surface area contributed by atoms with Crippen LogP contribution in [0.5, 0.6) is 0 Å². The lowest BCUT2D eigenvalue weighted by molar-refractivity contribution is -0.0455. The molecule has 0 unspecified atom stereocenters. The van der Waals surface area contributed by atoms with Gasteiger partial charge in [0.2, 0.25) is 0 Å². The van der Waals surface area contributed by atoms with E-state index >= 15 is 0 Å². The van der Waals surface area contributed by atoms with E-state index in [4.69, 9.17) is 17.3 Å². The molecule has 3 N–H and O–H groups in total. The van der Waals surface area contributed by atoms with Gasteiger partial charge in [-0.1, -0.05) is 23.7 Å². The maximum atomic E-state index is 10.1. The summed E-state index contributed by atoms with van der Waals surface area (Å²) in [5, 5.41) is 10.8. The second-order valence-electron chi connectivity index (χ2n) is 4.66. The first-order valence-corrected chi connectivity index (χ1v) is 5.59.